The Kier molecular flexibility index (Phi) is 7.05. The van der Waals surface area contributed by atoms with Crippen LogP contribution in [0.5, 0.6) is 11.5 Å². The first-order valence-electron chi connectivity index (χ1n) is 9.58. The van der Waals surface area contributed by atoms with Crippen LogP contribution in [0.4, 0.5) is 5.69 Å². The van der Waals surface area contributed by atoms with Gasteiger partial charge in [0.15, 0.2) is 6.61 Å². The summed E-state index contributed by atoms with van der Waals surface area (Å²) in [5.74, 6) is 0.528. The number of hydrogen-bond donors (Lipinski definition) is 2. The van der Waals surface area contributed by atoms with Crippen LogP contribution in [0.15, 0.2) is 78.9 Å². The Labute approximate surface area is 175 Å². The summed E-state index contributed by atoms with van der Waals surface area (Å²) in [5, 5.41) is 5.71. The van der Waals surface area contributed by atoms with Crippen molar-refractivity contribution in [3.63, 3.8) is 0 Å². The molecular formula is C24H24N2O4. The molecule has 0 aliphatic heterocycles. The highest BCUT2D eigenvalue weighted by atomic mass is 16.5. The molecule has 0 aliphatic rings. The molecular weight excluding hydrogens is 380 g/mol. The van der Waals surface area contributed by atoms with Crippen molar-refractivity contribution in [3.05, 3.63) is 90.0 Å². The van der Waals surface area contributed by atoms with Crippen molar-refractivity contribution >= 4 is 17.5 Å². The molecule has 154 valence electrons. The first kappa shape index (κ1) is 20.9. The number of methoxy groups -OCH3 is 1. The fourth-order valence-corrected chi connectivity index (χ4v) is 2.92. The number of amides is 2. The van der Waals surface area contributed by atoms with Crippen molar-refractivity contribution < 1.29 is 19.1 Å². The van der Waals surface area contributed by atoms with Gasteiger partial charge >= 0.3 is 0 Å². The molecule has 30 heavy (non-hydrogen) atoms. The first-order valence-corrected chi connectivity index (χ1v) is 9.58. The average Bonchev–Trinajstić information content (AvgIpc) is 2.78. The third-order valence-corrected chi connectivity index (χ3v) is 4.50. The Morgan fingerprint density at radius 3 is 2.37 bits per heavy atom. The summed E-state index contributed by atoms with van der Waals surface area (Å²) in [6, 6.07) is 23.4. The number of anilines is 1. The molecule has 0 saturated heterocycles. The summed E-state index contributed by atoms with van der Waals surface area (Å²) < 4.78 is 10.7. The number of nitrogens with one attached hydrogen (secondary N) is 2. The zero-order chi connectivity index (χ0) is 21.3. The number of carbonyl (C=O) groups excluding carboxylic acids is 2. The minimum Gasteiger partial charge on any atom is -0.497 e. The second kappa shape index (κ2) is 10.1. The molecule has 0 spiro atoms. The van der Waals surface area contributed by atoms with Crippen LogP contribution in [0.1, 0.15) is 28.9 Å². The van der Waals surface area contributed by atoms with Gasteiger partial charge < -0.3 is 20.1 Å². The second-order valence-electron chi connectivity index (χ2n) is 6.67. The molecule has 6 nitrogen and oxygen atoms in total. The van der Waals surface area contributed by atoms with Crippen LogP contribution in [0, 0.1) is 0 Å². The lowest BCUT2D eigenvalue weighted by Crippen LogP contribution is -2.28. The zero-order valence-corrected chi connectivity index (χ0v) is 16.9. The molecule has 0 bridgehead atoms. The number of benzene rings is 3. The highest BCUT2D eigenvalue weighted by Crippen LogP contribution is 2.20. The van der Waals surface area contributed by atoms with Crippen molar-refractivity contribution in [3.8, 4) is 11.5 Å². The van der Waals surface area contributed by atoms with E-state index in [-0.39, 0.29) is 24.5 Å². The van der Waals surface area contributed by atoms with Gasteiger partial charge in [0.2, 0.25) is 0 Å². The van der Waals surface area contributed by atoms with Gasteiger partial charge in [-0.25, -0.2) is 0 Å². The molecule has 0 saturated carbocycles. The van der Waals surface area contributed by atoms with Crippen molar-refractivity contribution in [2.45, 2.75) is 13.0 Å². The molecule has 3 aromatic rings. The maximum Gasteiger partial charge on any atom is 0.262 e. The largest absolute Gasteiger partial charge is 0.497 e. The third-order valence-electron chi connectivity index (χ3n) is 4.50. The standard InChI is InChI=1S/C24H24N2O4/c1-17(18-9-4-3-5-10-18)25-24(28)21-13-6-7-14-22(21)26-23(27)16-30-20-12-8-11-19(15-20)29-2/h3-15,17H,16H2,1-2H3,(H,25,28)(H,26,27)/t17-/m0/s1. The SMILES string of the molecule is COc1cccc(OCC(=O)Nc2ccccc2C(=O)N[C@@H](C)c2ccccc2)c1. The van der Waals surface area contributed by atoms with Gasteiger partial charge in [0, 0.05) is 6.07 Å². The molecule has 3 aromatic carbocycles. The van der Waals surface area contributed by atoms with Crippen molar-refractivity contribution in [1.29, 1.82) is 0 Å². The second-order valence-corrected chi connectivity index (χ2v) is 6.67. The molecule has 0 radical (unpaired) electrons. The molecule has 0 fully saturated rings. The number of hydrogen-bond acceptors (Lipinski definition) is 4. The van der Waals surface area contributed by atoms with Crippen molar-refractivity contribution in [1.82, 2.24) is 5.32 Å². The molecule has 3 rings (SSSR count). The van der Waals surface area contributed by atoms with E-state index in [4.69, 9.17) is 9.47 Å². The van der Waals surface area contributed by atoms with E-state index in [1.165, 1.54) is 0 Å². The van der Waals surface area contributed by atoms with Crippen LogP contribution in [-0.4, -0.2) is 25.5 Å². The van der Waals surface area contributed by atoms with Crippen LogP contribution in [0.3, 0.4) is 0 Å². The van der Waals surface area contributed by atoms with E-state index in [1.54, 1.807) is 55.6 Å². The van der Waals surface area contributed by atoms with Crippen LogP contribution in [-0.2, 0) is 4.79 Å². The van der Waals surface area contributed by atoms with E-state index in [0.717, 1.165) is 5.56 Å². The summed E-state index contributed by atoms with van der Waals surface area (Å²) in [6.07, 6.45) is 0. The lowest BCUT2D eigenvalue weighted by atomic mass is 10.1. The zero-order valence-electron chi connectivity index (χ0n) is 16.9. The number of rotatable bonds is 8. The Morgan fingerprint density at radius 1 is 0.900 bits per heavy atom. The fourth-order valence-electron chi connectivity index (χ4n) is 2.92. The fraction of sp³-hybridized carbons (Fsp3) is 0.167. The lowest BCUT2D eigenvalue weighted by Gasteiger charge is -2.16. The van der Waals surface area contributed by atoms with E-state index in [2.05, 4.69) is 10.6 Å². The van der Waals surface area contributed by atoms with Gasteiger partial charge in [0.25, 0.3) is 11.8 Å². The van der Waals surface area contributed by atoms with Crippen LogP contribution in [0.25, 0.3) is 0 Å². The van der Waals surface area contributed by atoms with Gasteiger partial charge in [-0.3, -0.25) is 9.59 Å². The van der Waals surface area contributed by atoms with E-state index in [0.29, 0.717) is 22.7 Å². The Balaban J connectivity index is 1.62. The van der Waals surface area contributed by atoms with Crippen LogP contribution in [0.2, 0.25) is 0 Å². The van der Waals surface area contributed by atoms with Gasteiger partial charge in [-0.05, 0) is 36.8 Å². The number of carbonyl (C=O) groups is 2. The maximum absolute atomic E-state index is 12.8. The Hall–Kier alpha value is -3.80. The molecule has 6 heteroatoms. The minimum atomic E-state index is -0.367. The third kappa shape index (κ3) is 5.61. The molecule has 0 aromatic heterocycles. The van der Waals surface area contributed by atoms with Crippen LogP contribution >= 0.6 is 0 Å². The highest BCUT2D eigenvalue weighted by Gasteiger charge is 2.16. The molecule has 2 amide bonds. The number of para-hydroxylation sites is 1. The van der Waals surface area contributed by atoms with Gasteiger partial charge in [-0.15, -0.1) is 0 Å². The highest BCUT2D eigenvalue weighted by molar-refractivity contribution is 6.04. The Morgan fingerprint density at radius 2 is 1.60 bits per heavy atom. The minimum absolute atomic E-state index is 0.168. The predicted molar refractivity (Wildman–Crippen MR) is 116 cm³/mol. The van der Waals surface area contributed by atoms with Gasteiger partial charge in [-0.2, -0.15) is 0 Å². The van der Waals surface area contributed by atoms with Gasteiger partial charge in [0.1, 0.15) is 11.5 Å². The smallest absolute Gasteiger partial charge is 0.262 e. The normalized spacial score (nSPS) is 11.3. The quantitative estimate of drug-likeness (QED) is 0.590. The average molecular weight is 404 g/mol. The molecule has 0 aliphatic carbocycles. The maximum atomic E-state index is 12.8. The lowest BCUT2D eigenvalue weighted by molar-refractivity contribution is -0.118. The first-order chi connectivity index (χ1) is 14.6. The molecule has 0 heterocycles. The number of ether oxygens (including phenoxy) is 2. The van der Waals surface area contributed by atoms with Crippen LogP contribution < -0.4 is 20.1 Å². The molecule has 0 unspecified atom stereocenters. The summed E-state index contributed by atoms with van der Waals surface area (Å²) in [5.41, 5.74) is 1.81. The van der Waals surface area contributed by atoms with Crippen molar-refractivity contribution in [2.75, 3.05) is 19.0 Å². The van der Waals surface area contributed by atoms with Crippen molar-refractivity contribution in [2.24, 2.45) is 0 Å². The molecule has 1 atom stereocenters. The monoisotopic (exact) mass is 404 g/mol. The summed E-state index contributed by atoms with van der Waals surface area (Å²) in [7, 11) is 1.56. The van der Waals surface area contributed by atoms with Gasteiger partial charge in [0.05, 0.1) is 24.4 Å². The summed E-state index contributed by atoms with van der Waals surface area (Å²) in [6.45, 7) is 1.72. The van der Waals surface area contributed by atoms with E-state index in [1.807, 2.05) is 37.3 Å². The van der Waals surface area contributed by atoms with E-state index < -0.39 is 0 Å². The summed E-state index contributed by atoms with van der Waals surface area (Å²) in [4.78, 5) is 25.1. The van der Waals surface area contributed by atoms with E-state index in [9.17, 15) is 9.59 Å². The summed E-state index contributed by atoms with van der Waals surface area (Å²) >= 11 is 0. The molecule has 2 N–H and O–H groups in total. The Bertz CT molecular complexity index is 1000. The van der Waals surface area contributed by atoms with E-state index >= 15 is 0 Å². The topological polar surface area (TPSA) is 76.7 Å². The predicted octanol–water partition coefficient (Wildman–Crippen LogP) is 4.20. The van der Waals surface area contributed by atoms with Gasteiger partial charge in [-0.1, -0.05) is 48.5 Å².